The van der Waals surface area contributed by atoms with Crippen LogP contribution in [0.1, 0.15) is 41.5 Å². The third kappa shape index (κ3) is 4.58. The van der Waals surface area contributed by atoms with E-state index in [1.165, 1.54) is 0 Å². The monoisotopic (exact) mass is 484 g/mol. The molecule has 0 spiro atoms. The molecule has 3 rings (SSSR count). The molecule has 0 saturated carbocycles. The Morgan fingerprint density at radius 1 is 0.680 bits per heavy atom. The second kappa shape index (κ2) is 7.57. The summed E-state index contributed by atoms with van der Waals surface area (Å²) in [6.07, 6.45) is 3.60. The molecule has 0 unspecified atom stereocenters. The molecule has 1 aromatic carbocycles. The summed E-state index contributed by atoms with van der Waals surface area (Å²) in [4.78, 5) is 8.69. The van der Waals surface area contributed by atoms with E-state index in [2.05, 4.69) is 75.8 Å². The summed E-state index contributed by atoms with van der Waals surface area (Å²) in [6, 6.07) is 12.1. The van der Waals surface area contributed by atoms with Crippen LogP contribution in [0.3, 0.4) is 0 Å². The minimum absolute atomic E-state index is 0.121. The number of benzene rings is 1. The van der Waals surface area contributed by atoms with Crippen LogP contribution in [0, 0.1) is 0 Å². The van der Waals surface area contributed by atoms with Crippen LogP contribution in [0.25, 0.3) is 21.8 Å². The van der Waals surface area contributed by atoms with E-state index in [4.69, 9.17) is 17.8 Å². The van der Waals surface area contributed by atoms with Crippen molar-refractivity contribution in [3.05, 3.63) is 48.8 Å². The third-order valence-corrected chi connectivity index (χ3v) is 30.2. The van der Waals surface area contributed by atoms with Crippen molar-refractivity contribution in [2.45, 2.75) is 48.4 Å². The van der Waals surface area contributed by atoms with Crippen molar-refractivity contribution < 1.29 is 0 Å². The van der Waals surface area contributed by atoms with Crippen LogP contribution < -0.4 is 0 Å². The molecule has 0 atom stereocenters. The van der Waals surface area contributed by atoms with E-state index >= 15 is 0 Å². The van der Waals surface area contributed by atoms with Gasteiger partial charge in [0.15, 0.2) is 0 Å². The number of hydrogen-bond donors (Lipinski definition) is 0. The molecule has 134 valence electrons. The van der Waals surface area contributed by atoms with Gasteiger partial charge in [-0.2, -0.15) is 0 Å². The number of halogens is 2. The van der Waals surface area contributed by atoms with Gasteiger partial charge in [-0.1, -0.05) is 24.3 Å². The van der Waals surface area contributed by atoms with Gasteiger partial charge in [-0.3, -0.25) is 9.97 Å². The molecular formula is C20H26Cl2N2Sn. The zero-order chi connectivity index (χ0) is 18.9. The summed E-state index contributed by atoms with van der Waals surface area (Å²) in [5.41, 5.74) is 1.95. The van der Waals surface area contributed by atoms with Crippen molar-refractivity contribution in [3.8, 4) is 0 Å². The fourth-order valence-electron chi connectivity index (χ4n) is 2.80. The van der Waals surface area contributed by atoms with Crippen LogP contribution in [-0.4, -0.2) is 26.1 Å². The molecular weight excluding hydrogens is 458 g/mol. The number of fused-ring (bicyclic) bond motifs is 3. The number of pyridine rings is 2. The maximum absolute atomic E-state index is 6.46. The van der Waals surface area contributed by atoms with E-state index in [0.29, 0.717) is 0 Å². The minimum Gasteiger partial charge on any atom is -0.254 e. The molecule has 0 aliphatic carbocycles. The minimum atomic E-state index is -2.92. The molecule has 0 radical (unpaired) electrons. The van der Waals surface area contributed by atoms with E-state index in [1.54, 1.807) is 12.4 Å². The van der Waals surface area contributed by atoms with Crippen LogP contribution in [0.4, 0.5) is 0 Å². The van der Waals surface area contributed by atoms with Crippen molar-refractivity contribution in [1.82, 2.24) is 9.97 Å². The van der Waals surface area contributed by atoms with Gasteiger partial charge in [-0.25, -0.2) is 0 Å². The van der Waals surface area contributed by atoms with Crippen LogP contribution in [-0.2, 0) is 0 Å². The first-order valence-electron chi connectivity index (χ1n) is 8.41. The van der Waals surface area contributed by atoms with E-state index in [0.717, 1.165) is 21.8 Å². The van der Waals surface area contributed by atoms with Crippen molar-refractivity contribution in [2.24, 2.45) is 0 Å². The maximum atomic E-state index is 6.46. The van der Waals surface area contributed by atoms with E-state index < -0.39 is 16.1 Å². The van der Waals surface area contributed by atoms with Gasteiger partial charge < -0.3 is 0 Å². The Balaban J connectivity index is 0.000000188. The SMILES string of the molecule is C[C](C)(C)[Sn]([Cl])([Cl])[C](C)(C)C.c1cnc2c(c1)ccc1cccnc12. The molecule has 25 heavy (non-hydrogen) atoms. The van der Waals surface area contributed by atoms with Gasteiger partial charge in [0.1, 0.15) is 0 Å². The molecule has 0 bridgehead atoms. The Morgan fingerprint density at radius 3 is 1.32 bits per heavy atom. The first kappa shape index (κ1) is 20.7. The van der Waals surface area contributed by atoms with Crippen molar-refractivity contribution in [2.75, 3.05) is 0 Å². The molecule has 0 amide bonds. The van der Waals surface area contributed by atoms with E-state index in [-0.39, 0.29) is 6.86 Å². The quantitative estimate of drug-likeness (QED) is 0.248. The molecule has 0 fully saturated rings. The largest absolute Gasteiger partial charge is 0.254 e. The fraction of sp³-hybridized carbons (Fsp3) is 0.400. The van der Waals surface area contributed by atoms with Gasteiger partial charge in [0.25, 0.3) is 0 Å². The normalized spacial score (nSPS) is 12.8. The summed E-state index contributed by atoms with van der Waals surface area (Å²) in [5, 5.41) is 2.28. The average molecular weight is 484 g/mol. The molecule has 0 aliphatic rings. The van der Waals surface area contributed by atoms with Gasteiger partial charge >= 0.3 is 82.4 Å². The van der Waals surface area contributed by atoms with Crippen molar-refractivity contribution >= 4 is 55.8 Å². The summed E-state index contributed by atoms with van der Waals surface area (Å²) >= 11 is -2.92. The van der Waals surface area contributed by atoms with Gasteiger partial charge in [-0.05, 0) is 12.1 Å². The first-order chi connectivity index (χ1) is 11.4. The van der Waals surface area contributed by atoms with Crippen LogP contribution >= 0.6 is 17.8 Å². The molecule has 0 aliphatic heterocycles. The average Bonchev–Trinajstić information content (AvgIpc) is 2.53. The number of rotatable bonds is 0. The van der Waals surface area contributed by atoms with Crippen molar-refractivity contribution in [1.29, 1.82) is 0 Å². The second-order valence-electron chi connectivity index (χ2n) is 8.29. The maximum Gasteiger partial charge on any atom is 0.0964 e. The zero-order valence-corrected chi connectivity index (χ0v) is 20.1. The molecule has 5 heteroatoms. The molecule has 0 N–H and O–H groups in total. The number of hydrogen-bond acceptors (Lipinski definition) is 2. The van der Waals surface area contributed by atoms with Gasteiger partial charge in [0, 0.05) is 23.2 Å². The molecule has 3 aromatic rings. The van der Waals surface area contributed by atoms with Gasteiger partial charge in [0.05, 0.1) is 11.0 Å². The predicted octanol–water partition coefficient (Wildman–Crippen LogP) is 7.29. The fourth-order valence-corrected chi connectivity index (χ4v) is 9.23. The second-order valence-corrected chi connectivity index (χ2v) is 29.0. The predicted molar refractivity (Wildman–Crippen MR) is 114 cm³/mol. The summed E-state index contributed by atoms with van der Waals surface area (Å²) < 4.78 is 0.242. The Hall–Kier alpha value is -0.581. The van der Waals surface area contributed by atoms with Gasteiger partial charge in [-0.15, -0.1) is 0 Å². The Bertz CT molecular complexity index is 794. The molecule has 2 nitrogen and oxygen atoms in total. The van der Waals surface area contributed by atoms with Crippen LogP contribution in [0.15, 0.2) is 48.8 Å². The molecule has 0 saturated heterocycles. The summed E-state index contributed by atoms with van der Waals surface area (Å²) in [7, 11) is 12.9. The van der Waals surface area contributed by atoms with E-state index in [9.17, 15) is 0 Å². The standard InChI is InChI=1S/C12H8N2.2C4H9.2ClH.Sn/c1-3-9-5-6-10-4-2-8-14-12(10)11(9)13-7-1;2*1-4(2)3;;;/h1-8H;2*1-3H3;2*1H;/q;;;;;+2/p-2. The smallest absolute Gasteiger partial charge is 0.0964 e. The number of aromatic nitrogens is 2. The summed E-state index contributed by atoms with van der Waals surface area (Å²) in [6.45, 7) is 12.9. The molecule has 2 heterocycles. The first-order valence-corrected chi connectivity index (χ1v) is 18.5. The Kier molecular flexibility index (Phi) is 6.28. The topological polar surface area (TPSA) is 25.8 Å². The third-order valence-electron chi connectivity index (χ3n) is 4.23. The number of nitrogens with zero attached hydrogens (tertiary/aromatic N) is 2. The van der Waals surface area contributed by atoms with E-state index in [1.807, 2.05) is 12.1 Å². The van der Waals surface area contributed by atoms with Gasteiger partial charge in [0.2, 0.25) is 0 Å². The molecule has 2 aromatic heterocycles. The Morgan fingerprint density at radius 2 is 1.04 bits per heavy atom. The van der Waals surface area contributed by atoms with Crippen molar-refractivity contribution in [3.63, 3.8) is 0 Å². The summed E-state index contributed by atoms with van der Waals surface area (Å²) in [5.74, 6) is 0. The zero-order valence-electron chi connectivity index (χ0n) is 15.8. The van der Waals surface area contributed by atoms with Crippen LogP contribution in [0.2, 0.25) is 6.86 Å². The van der Waals surface area contributed by atoms with Crippen LogP contribution in [0.5, 0.6) is 0 Å². The Labute approximate surface area is 162 Å².